The summed E-state index contributed by atoms with van der Waals surface area (Å²) in [5.41, 5.74) is 5.61. The Hall–Kier alpha value is -3.23. The molecule has 0 unspecified atom stereocenters. The predicted octanol–water partition coefficient (Wildman–Crippen LogP) is 4.62. The van der Waals surface area contributed by atoms with Crippen LogP contribution in [0, 0.1) is 13.8 Å². The number of carbonyl (C=O) groups is 1. The number of H-pyrrole nitrogens is 1. The first kappa shape index (κ1) is 24.5. The lowest BCUT2D eigenvalue weighted by atomic mass is 9.93. The van der Waals surface area contributed by atoms with Gasteiger partial charge in [-0.25, -0.2) is 13.4 Å². The third-order valence-electron chi connectivity index (χ3n) is 7.21. The summed E-state index contributed by atoms with van der Waals surface area (Å²) in [5, 5.41) is 5.13. The Balaban J connectivity index is 1.72. The highest BCUT2D eigenvalue weighted by Gasteiger charge is 2.24. The first-order chi connectivity index (χ1) is 17.2. The van der Waals surface area contributed by atoms with Crippen LogP contribution >= 0.6 is 0 Å². The number of nitrogens with zero attached hydrogens (tertiary/aromatic N) is 2. The molecule has 1 atom stereocenters. The number of likely N-dealkylation sites (tertiary alicyclic amines) is 1. The number of piperidine rings is 1. The molecule has 0 bridgehead atoms. The number of hydrogen-bond acceptors (Lipinski definition) is 5. The number of rotatable bonds is 5. The van der Waals surface area contributed by atoms with Gasteiger partial charge in [-0.2, -0.15) is 0 Å². The molecule has 1 aliphatic rings. The molecule has 0 aliphatic carbocycles. The van der Waals surface area contributed by atoms with E-state index in [2.05, 4.69) is 33.3 Å². The molecule has 8 heteroatoms. The number of amides is 1. The molecule has 0 radical (unpaired) electrons. The van der Waals surface area contributed by atoms with Gasteiger partial charge in [0.15, 0.2) is 9.84 Å². The van der Waals surface area contributed by atoms with Crippen molar-refractivity contribution in [2.24, 2.45) is 0 Å². The molecule has 7 nitrogen and oxygen atoms in total. The minimum Gasteiger partial charge on any atom is -0.348 e. The maximum Gasteiger partial charge on any atom is 0.251 e. The van der Waals surface area contributed by atoms with Crippen molar-refractivity contribution >= 4 is 37.7 Å². The summed E-state index contributed by atoms with van der Waals surface area (Å²) in [6, 6.07) is 11.1. The van der Waals surface area contributed by atoms with E-state index in [0.717, 1.165) is 70.1 Å². The minimum absolute atomic E-state index is 0.0272. The maximum absolute atomic E-state index is 13.6. The first-order valence-electron chi connectivity index (χ1n) is 12.4. The van der Waals surface area contributed by atoms with E-state index < -0.39 is 9.84 Å². The van der Waals surface area contributed by atoms with E-state index in [1.54, 1.807) is 25.1 Å². The highest BCUT2D eigenvalue weighted by atomic mass is 32.2. The molecule has 5 rings (SSSR count). The molecule has 1 fully saturated rings. The molecule has 3 heterocycles. The van der Waals surface area contributed by atoms with E-state index >= 15 is 0 Å². The number of aromatic amines is 1. The number of sulfone groups is 1. The lowest BCUT2D eigenvalue weighted by Crippen LogP contribution is -2.46. The van der Waals surface area contributed by atoms with Gasteiger partial charge in [0.2, 0.25) is 0 Å². The van der Waals surface area contributed by atoms with Crippen LogP contribution in [0.4, 0.5) is 0 Å². The standard InChI is InChI=1S/C28H32N4O3S/c1-5-36(34,35)21-10-6-8-19(13-21)23-14-22(28(33)30-20-9-7-11-32(4)16-20)18(3)26-25(23)24-12-17(2)15-29-27(24)31-26/h6,8,10,12-15,20H,5,7,9,11,16H2,1-4H3,(H,29,31)(H,30,33)/t20-/m0/s1. The fourth-order valence-corrected chi connectivity index (χ4v) is 6.16. The fourth-order valence-electron chi connectivity index (χ4n) is 5.23. The molecule has 2 aromatic carbocycles. The van der Waals surface area contributed by atoms with Crippen molar-refractivity contribution in [2.75, 3.05) is 25.9 Å². The van der Waals surface area contributed by atoms with E-state index in [4.69, 9.17) is 0 Å². The quantitative estimate of drug-likeness (QED) is 0.414. The fraction of sp³-hybridized carbons (Fsp3) is 0.357. The molecule has 36 heavy (non-hydrogen) atoms. The average molecular weight is 505 g/mol. The second-order valence-electron chi connectivity index (χ2n) is 9.89. The third-order valence-corrected chi connectivity index (χ3v) is 8.94. The van der Waals surface area contributed by atoms with Gasteiger partial charge in [0.05, 0.1) is 16.2 Å². The van der Waals surface area contributed by atoms with E-state index in [1.165, 1.54) is 0 Å². The van der Waals surface area contributed by atoms with Crippen LogP contribution in [0.5, 0.6) is 0 Å². The smallest absolute Gasteiger partial charge is 0.251 e. The van der Waals surface area contributed by atoms with Crippen molar-refractivity contribution in [3.8, 4) is 11.1 Å². The van der Waals surface area contributed by atoms with Crippen molar-refractivity contribution in [3.05, 3.63) is 59.3 Å². The SMILES string of the molecule is CCS(=O)(=O)c1cccc(-c2cc(C(=O)N[C@H]3CCCN(C)C3)c(C)c3[nH]c4ncc(C)cc4c23)c1. The second-order valence-corrected chi connectivity index (χ2v) is 12.2. The lowest BCUT2D eigenvalue weighted by molar-refractivity contribution is 0.0912. The number of fused-ring (bicyclic) bond motifs is 3. The van der Waals surface area contributed by atoms with Gasteiger partial charge in [0.1, 0.15) is 5.65 Å². The van der Waals surface area contributed by atoms with E-state index in [9.17, 15) is 13.2 Å². The van der Waals surface area contributed by atoms with E-state index in [0.29, 0.717) is 5.56 Å². The van der Waals surface area contributed by atoms with Crippen LogP contribution in [0.1, 0.15) is 41.3 Å². The van der Waals surface area contributed by atoms with Gasteiger partial charge in [-0.1, -0.05) is 19.1 Å². The van der Waals surface area contributed by atoms with Gasteiger partial charge < -0.3 is 15.2 Å². The zero-order valence-corrected chi connectivity index (χ0v) is 22.0. The molecule has 1 amide bonds. The summed E-state index contributed by atoms with van der Waals surface area (Å²) in [6.07, 6.45) is 3.82. The zero-order valence-electron chi connectivity index (χ0n) is 21.2. The summed E-state index contributed by atoms with van der Waals surface area (Å²) in [5.74, 6) is -0.0875. The number of likely N-dealkylation sites (N-methyl/N-ethyl adjacent to an activating group) is 1. The Morgan fingerprint density at radius 1 is 1.22 bits per heavy atom. The van der Waals surface area contributed by atoms with Crippen LogP contribution in [0.2, 0.25) is 0 Å². The van der Waals surface area contributed by atoms with Gasteiger partial charge >= 0.3 is 0 Å². The minimum atomic E-state index is -3.38. The number of hydrogen-bond donors (Lipinski definition) is 2. The van der Waals surface area contributed by atoms with Crippen molar-refractivity contribution in [1.29, 1.82) is 0 Å². The van der Waals surface area contributed by atoms with Crippen molar-refractivity contribution in [2.45, 2.75) is 44.6 Å². The molecule has 1 aliphatic heterocycles. The summed E-state index contributed by atoms with van der Waals surface area (Å²) in [6.45, 7) is 7.46. The highest BCUT2D eigenvalue weighted by Crippen LogP contribution is 2.38. The zero-order chi connectivity index (χ0) is 25.6. The first-order valence-corrected chi connectivity index (χ1v) is 14.1. The number of pyridine rings is 1. The number of aromatic nitrogens is 2. The van der Waals surface area contributed by atoms with Gasteiger partial charge in [0.25, 0.3) is 5.91 Å². The topological polar surface area (TPSA) is 95.2 Å². The molecular weight excluding hydrogens is 472 g/mol. The maximum atomic E-state index is 13.6. The summed E-state index contributed by atoms with van der Waals surface area (Å²) >= 11 is 0. The van der Waals surface area contributed by atoms with Gasteiger partial charge in [0, 0.05) is 35.1 Å². The largest absolute Gasteiger partial charge is 0.348 e. The van der Waals surface area contributed by atoms with Crippen LogP contribution in [-0.4, -0.2) is 61.1 Å². The Bertz CT molecular complexity index is 1590. The molecule has 188 valence electrons. The van der Waals surface area contributed by atoms with Gasteiger partial charge in [-0.15, -0.1) is 0 Å². The van der Waals surface area contributed by atoms with Crippen molar-refractivity contribution < 1.29 is 13.2 Å². The number of benzene rings is 2. The molecule has 0 spiro atoms. The lowest BCUT2D eigenvalue weighted by Gasteiger charge is -2.30. The number of nitrogens with one attached hydrogen (secondary N) is 2. The number of carbonyl (C=O) groups excluding carboxylic acids is 1. The summed E-state index contributed by atoms with van der Waals surface area (Å²) in [7, 11) is -1.31. The average Bonchev–Trinajstić information content (AvgIpc) is 3.23. The molecular formula is C28H32N4O3S. The monoisotopic (exact) mass is 504 g/mol. The van der Waals surface area contributed by atoms with Crippen molar-refractivity contribution in [1.82, 2.24) is 20.2 Å². The molecule has 2 N–H and O–H groups in total. The molecule has 4 aromatic rings. The van der Waals surface area contributed by atoms with Crippen LogP contribution in [0.15, 0.2) is 47.5 Å². The summed E-state index contributed by atoms with van der Waals surface area (Å²) < 4.78 is 25.3. The Morgan fingerprint density at radius 2 is 2.03 bits per heavy atom. The molecule has 1 saturated heterocycles. The van der Waals surface area contributed by atoms with E-state index in [1.807, 2.05) is 32.2 Å². The van der Waals surface area contributed by atoms with Crippen molar-refractivity contribution in [3.63, 3.8) is 0 Å². The van der Waals surface area contributed by atoms with Crippen LogP contribution in [0.3, 0.4) is 0 Å². The van der Waals surface area contributed by atoms with E-state index in [-0.39, 0.29) is 22.6 Å². The normalized spacial score (nSPS) is 17.1. The molecule has 0 saturated carbocycles. The Labute approximate surface area is 211 Å². The second kappa shape index (κ2) is 9.33. The Kier molecular flexibility index (Phi) is 6.34. The third kappa shape index (κ3) is 4.40. The highest BCUT2D eigenvalue weighted by molar-refractivity contribution is 7.91. The van der Waals surface area contributed by atoms with Gasteiger partial charge in [-0.3, -0.25) is 4.79 Å². The molecule has 2 aromatic heterocycles. The van der Waals surface area contributed by atoms with Crippen LogP contribution < -0.4 is 5.32 Å². The van der Waals surface area contributed by atoms with Gasteiger partial charge in [-0.05, 0) is 86.8 Å². The number of aryl methyl sites for hydroxylation is 2. The van der Waals surface area contributed by atoms with Crippen LogP contribution in [-0.2, 0) is 9.84 Å². The van der Waals surface area contributed by atoms with Crippen LogP contribution in [0.25, 0.3) is 33.1 Å². The Morgan fingerprint density at radius 3 is 2.78 bits per heavy atom. The predicted molar refractivity (Wildman–Crippen MR) is 144 cm³/mol. The summed E-state index contributed by atoms with van der Waals surface area (Å²) in [4.78, 5) is 24.1.